The highest BCUT2D eigenvalue weighted by Crippen LogP contribution is 2.36. The molecule has 4 aliphatic rings. The quantitative estimate of drug-likeness (QED) is 0.824. The van der Waals surface area contributed by atoms with E-state index in [0.717, 1.165) is 19.4 Å². The first-order valence-corrected chi connectivity index (χ1v) is 9.47. The van der Waals surface area contributed by atoms with Gasteiger partial charge in [-0.25, -0.2) is 0 Å². The molecular weight excluding hydrogens is 306 g/mol. The number of hydrogen-bond donors (Lipinski definition) is 1. The zero-order valence-corrected chi connectivity index (χ0v) is 14.6. The standard InChI is InChI=1S/C18H29N3O3/c1-20-10-18(11-21(12-18)16(22)8-13-6-7-13)24-9-15(20)17(23)19-14-4-2-3-5-14/h13-15H,2-12H2,1H3,(H,19,23). The van der Waals surface area contributed by atoms with Crippen molar-refractivity contribution in [1.82, 2.24) is 15.1 Å². The van der Waals surface area contributed by atoms with Gasteiger partial charge in [-0.05, 0) is 38.6 Å². The lowest BCUT2D eigenvalue weighted by molar-refractivity contribution is -0.201. The maximum absolute atomic E-state index is 12.5. The number of nitrogens with zero attached hydrogens (tertiary/aromatic N) is 2. The van der Waals surface area contributed by atoms with Crippen LogP contribution in [0.15, 0.2) is 0 Å². The second-order valence-corrected chi connectivity index (χ2v) is 8.31. The smallest absolute Gasteiger partial charge is 0.239 e. The molecule has 6 heteroatoms. The molecule has 1 atom stereocenters. The Bertz CT molecular complexity index is 508. The molecule has 1 spiro atoms. The second-order valence-electron chi connectivity index (χ2n) is 8.31. The van der Waals surface area contributed by atoms with Gasteiger partial charge in [0.2, 0.25) is 11.8 Å². The van der Waals surface area contributed by atoms with Crippen molar-refractivity contribution >= 4 is 11.8 Å². The van der Waals surface area contributed by atoms with Gasteiger partial charge in [0.15, 0.2) is 0 Å². The van der Waals surface area contributed by atoms with Crippen molar-refractivity contribution in [3.05, 3.63) is 0 Å². The molecule has 1 N–H and O–H groups in total. The SMILES string of the molecule is CN1CC2(CN(C(=O)CC3CC3)C2)OCC1C(=O)NC1CCCC1. The van der Waals surface area contributed by atoms with Gasteiger partial charge >= 0.3 is 0 Å². The summed E-state index contributed by atoms with van der Waals surface area (Å²) < 4.78 is 6.07. The first-order valence-electron chi connectivity index (χ1n) is 9.47. The Hall–Kier alpha value is -1.14. The topological polar surface area (TPSA) is 61.9 Å². The summed E-state index contributed by atoms with van der Waals surface area (Å²) in [6.45, 7) is 2.52. The Morgan fingerprint density at radius 3 is 2.46 bits per heavy atom. The fraction of sp³-hybridized carbons (Fsp3) is 0.889. The van der Waals surface area contributed by atoms with E-state index < -0.39 is 0 Å². The molecular formula is C18H29N3O3. The van der Waals surface area contributed by atoms with Crippen molar-refractivity contribution in [3.63, 3.8) is 0 Å². The molecule has 2 saturated carbocycles. The van der Waals surface area contributed by atoms with Crippen molar-refractivity contribution in [2.75, 3.05) is 33.3 Å². The van der Waals surface area contributed by atoms with E-state index in [1.807, 2.05) is 11.9 Å². The Labute approximate surface area is 143 Å². The van der Waals surface area contributed by atoms with E-state index in [4.69, 9.17) is 4.74 Å². The van der Waals surface area contributed by atoms with Gasteiger partial charge in [-0.15, -0.1) is 0 Å². The summed E-state index contributed by atoms with van der Waals surface area (Å²) in [7, 11) is 2.00. The van der Waals surface area contributed by atoms with Crippen molar-refractivity contribution in [2.24, 2.45) is 5.92 Å². The number of ether oxygens (including phenoxy) is 1. The van der Waals surface area contributed by atoms with Gasteiger partial charge in [-0.2, -0.15) is 0 Å². The molecule has 134 valence electrons. The van der Waals surface area contributed by atoms with E-state index in [1.165, 1.54) is 25.7 Å². The molecule has 0 aromatic heterocycles. The van der Waals surface area contributed by atoms with E-state index in [1.54, 1.807) is 0 Å². The number of hydrogen-bond acceptors (Lipinski definition) is 4. The average molecular weight is 335 g/mol. The summed E-state index contributed by atoms with van der Waals surface area (Å²) in [6, 6.07) is 0.147. The van der Waals surface area contributed by atoms with Crippen LogP contribution in [0.2, 0.25) is 0 Å². The molecule has 1 unspecified atom stereocenters. The monoisotopic (exact) mass is 335 g/mol. The Morgan fingerprint density at radius 2 is 1.83 bits per heavy atom. The van der Waals surface area contributed by atoms with Crippen LogP contribution < -0.4 is 5.32 Å². The second kappa shape index (κ2) is 6.30. The Morgan fingerprint density at radius 1 is 1.12 bits per heavy atom. The lowest BCUT2D eigenvalue weighted by atomic mass is 9.90. The van der Waals surface area contributed by atoms with Crippen molar-refractivity contribution < 1.29 is 14.3 Å². The van der Waals surface area contributed by atoms with E-state index in [9.17, 15) is 9.59 Å². The van der Waals surface area contributed by atoms with E-state index in [-0.39, 0.29) is 23.5 Å². The largest absolute Gasteiger partial charge is 0.368 e. The summed E-state index contributed by atoms with van der Waals surface area (Å²) in [4.78, 5) is 28.7. The van der Waals surface area contributed by atoms with Crippen LogP contribution in [0.5, 0.6) is 0 Å². The third-order valence-electron chi connectivity index (χ3n) is 6.09. The molecule has 0 aromatic carbocycles. The number of carbonyl (C=O) groups is 2. The van der Waals surface area contributed by atoms with Gasteiger partial charge in [0.25, 0.3) is 0 Å². The summed E-state index contributed by atoms with van der Waals surface area (Å²) in [6.07, 6.45) is 7.77. The molecule has 4 rings (SSSR count). The zero-order chi connectivity index (χ0) is 16.7. The molecule has 2 saturated heterocycles. The van der Waals surface area contributed by atoms with Gasteiger partial charge in [0, 0.05) is 19.0 Å². The number of nitrogens with one attached hydrogen (secondary N) is 1. The Balaban J connectivity index is 1.25. The predicted octanol–water partition coefficient (Wildman–Crippen LogP) is 0.757. The molecule has 0 bridgehead atoms. The minimum atomic E-state index is -0.252. The summed E-state index contributed by atoms with van der Waals surface area (Å²) in [5.74, 6) is 1.00. The molecule has 4 fully saturated rings. The lowest BCUT2D eigenvalue weighted by Gasteiger charge is -2.54. The van der Waals surface area contributed by atoms with Crippen LogP contribution in [-0.2, 0) is 14.3 Å². The number of carbonyl (C=O) groups excluding carboxylic acids is 2. The molecule has 2 heterocycles. The van der Waals surface area contributed by atoms with Crippen LogP contribution in [0.1, 0.15) is 44.9 Å². The maximum atomic E-state index is 12.5. The zero-order valence-electron chi connectivity index (χ0n) is 14.6. The third-order valence-corrected chi connectivity index (χ3v) is 6.09. The molecule has 24 heavy (non-hydrogen) atoms. The molecule has 2 aliphatic carbocycles. The fourth-order valence-corrected chi connectivity index (χ4v) is 4.35. The van der Waals surface area contributed by atoms with Crippen molar-refractivity contribution in [2.45, 2.75) is 62.6 Å². The van der Waals surface area contributed by atoms with Gasteiger partial charge in [-0.1, -0.05) is 12.8 Å². The van der Waals surface area contributed by atoms with Crippen molar-refractivity contribution in [1.29, 1.82) is 0 Å². The number of amides is 2. The molecule has 2 aliphatic heterocycles. The number of rotatable bonds is 4. The van der Waals surface area contributed by atoms with Gasteiger partial charge in [0.1, 0.15) is 11.6 Å². The van der Waals surface area contributed by atoms with Crippen molar-refractivity contribution in [3.8, 4) is 0 Å². The van der Waals surface area contributed by atoms with E-state index in [0.29, 0.717) is 38.1 Å². The minimum Gasteiger partial charge on any atom is -0.368 e. The number of likely N-dealkylation sites (N-methyl/N-ethyl adjacent to an activating group) is 1. The number of likely N-dealkylation sites (tertiary alicyclic amines) is 1. The first-order chi connectivity index (χ1) is 11.5. The van der Waals surface area contributed by atoms with Crippen LogP contribution in [0.4, 0.5) is 0 Å². The summed E-state index contributed by atoms with van der Waals surface area (Å²) in [5.41, 5.74) is -0.252. The van der Waals surface area contributed by atoms with E-state index >= 15 is 0 Å². The molecule has 0 radical (unpaired) electrons. The normalized spacial score (nSPS) is 30.4. The maximum Gasteiger partial charge on any atom is 0.239 e. The highest BCUT2D eigenvalue weighted by atomic mass is 16.5. The highest BCUT2D eigenvalue weighted by Gasteiger charge is 2.51. The molecule has 0 aromatic rings. The third kappa shape index (κ3) is 3.31. The number of morpholine rings is 1. The van der Waals surface area contributed by atoms with Gasteiger partial charge in [0.05, 0.1) is 19.7 Å². The van der Waals surface area contributed by atoms with Crippen LogP contribution in [0.3, 0.4) is 0 Å². The molecule has 2 amide bonds. The fourth-order valence-electron chi connectivity index (χ4n) is 4.35. The Kier molecular flexibility index (Phi) is 4.29. The first kappa shape index (κ1) is 16.3. The molecule has 6 nitrogen and oxygen atoms in total. The highest BCUT2D eigenvalue weighted by molar-refractivity contribution is 5.82. The minimum absolute atomic E-state index is 0.0974. The van der Waals surface area contributed by atoms with Gasteiger partial charge in [-0.3, -0.25) is 14.5 Å². The van der Waals surface area contributed by atoms with Crippen LogP contribution in [0, 0.1) is 5.92 Å². The lowest BCUT2D eigenvalue weighted by Crippen LogP contribution is -2.73. The van der Waals surface area contributed by atoms with Crippen LogP contribution >= 0.6 is 0 Å². The average Bonchev–Trinajstić information content (AvgIpc) is 3.17. The summed E-state index contributed by atoms with van der Waals surface area (Å²) >= 11 is 0. The van der Waals surface area contributed by atoms with Crippen LogP contribution in [-0.4, -0.2) is 72.6 Å². The van der Waals surface area contributed by atoms with E-state index in [2.05, 4.69) is 10.2 Å². The predicted molar refractivity (Wildman–Crippen MR) is 89.4 cm³/mol. The van der Waals surface area contributed by atoms with Crippen LogP contribution in [0.25, 0.3) is 0 Å². The van der Waals surface area contributed by atoms with Gasteiger partial charge < -0.3 is 15.0 Å². The summed E-state index contributed by atoms with van der Waals surface area (Å²) in [5, 5.41) is 3.17.